The van der Waals surface area contributed by atoms with Crippen LogP contribution in [0.5, 0.6) is 0 Å². The number of hydrogen-bond donors (Lipinski definition) is 2. The van der Waals surface area contributed by atoms with E-state index in [0.29, 0.717) is 11.6 Å². The topological polar surface area (TPSA) is 83.5 Å². The Bertz CT molecular complexity index is 836. The van der Waals surface area contributed by atoms with Gasteiger partial charge in [0.25, 0.3) is 10.0 Å². The maximum Gasteiger partial charge on any atom is 0.335 e. The monoisotopic (exact) mass is 359 g/mol. The third-order valence-corrected chi connectivity index (χ3v) is 6.05. The molecule has 2 aromatic carbocycles. The number of anilines is 1. The molecule has 0 amide bonds. The van der Waals surface area contributed by atoms with Crippen molar-refractivity contribution in [2.24, 2.45) is 0 Å². The van der Waals surface area contributed by atoms with Crippen molar-refractivity contribution < 1.29 is 18.3 Å². The maximum atomic E-state index is 12.5. The van der Waals surface area contributed by atoms with Gasteiger partial charge in [-0.15, -0.1) is 0 Å². The Labute approximate surface area is 147 Å². The molecule has 2 aromatic rings. The molecule has 25 heavy (non-hydrogen) atoms. The number of carboxylic acid groups (broad SMARTS) is 1. The summed E-state index contributed by atoms with van der Waals surface area (Å²) in [7, 11) is -3.69. The first-order valence-corrected chi connectivity index (χ1v) is 9.90. The summed E-state index contributed by atoms with van der Waals surface area (Å²) >= 11 is 0. The lowest BCUT2D eigenvalue weighted by molar-refractivity contribution is 0.0697. The predicted molar refractivity (Wildman–Crippen MR) is 96.5 cm³/mol. The lowest BCUT2D eigenvalue weighted by atomic mass is 9.84. The van der Waals surface area contributed by atoms with E-state index in [4.69, 9.17) is 5.11 Å². The number of rotatable bonds is 5. The summed E-state index contributed by atoms with van der Waals surface area (Å²) in [6, 6.07) is 12.7. The fraction of sp³-hybridized carbons (Fsp3) is 0.316. The second-order valence-corrected chi connectivity index (χ2v) is 8.07. The van der Waals surface area contributed by atoms with Crippen LogP contribution < -0.4 is 4.72 Å². The van der Waals surface area contributed by atoms with E-state index in [9.17, 15) is 13.2 Å². The number of carbonyl (C=O) groups is 1. The number of aromatic carboxylic acids is 1. The molecule has 0 radical (unpaired) electrons. The van der Waals surface area contributed by atoms with Crippen LogP contribution in [-0.4, -0.2) is 19.5 Å². The zero-order valence-corrected chi connectivity index (χ0v) is 14.6. The molecular weight excluding hydrogens is 338 g/mol. The highest BCUT2D eigenvalue weighted by Gasteiger charge is 2.18. The first-order chi connectivity index (χ1) is 12.0. The van der Waals surface area contributed by atoms with Crippen molar-refractivity contribution in [3.63, 3.8) is 0 Å². The van der Waals surface area contributed by atoms with E-state index in [1.165, 1.54) is 61.9 Å². The summed E-state index contributed by atoms with van der Waals surface area (Å²) in [6.07, 6.45) is 6.09. The molecule has 0 unspecified atom stereocenters. The molecule has 1 saturated carbocycles. The molecule has 0 heterocycles. The van der Waals surface area contributed by atoms with E-state index >= 15 is 0 Å². The van der Waals surface area contributed by atoms with Gasteiger partial charge in [-0.3, -0.25) is 4.72 Å². The SMILES string of the molecule is O=C(O)c1ccc(NS(=O)(=O)c2ccc(C3CCCCC3)cc2)cc1. The number of benzene rings is 2. The molecule has 1 aliphatic carbocycles. The molecule has 0 saturated heterocycles. The second kappa shape index (κ2) is 7.27. The average Bonchev–Trinajstić information content (AvgIpc) is 2.63. The highest BCUT2D eigenvalue weighted by atomic mass is 32.2. The van der Waals surface area contributed by atoms with E-state index in [2.05, 4.69) is 4.72 Å². The molecule has 6 heteroatoms. The van der Waals surface area contributed by atoms with Gasteiger partial charge in [0.15, 0.2) is 0 Å². The van der Waals surface area contributed by atoms with Gasteiger partial charge in [-0.1, -0.05) is 31.4 Å². The van der Waals surface area contributed by atoms with Gasteiger partial charge in [-0.2, -0.15) is 0 Å². The van der Waals surface area contributed by atoms with Crippen LogP contribution in [0.2, 0.25) is 0 Å². The first kappa shape index (κ1) is 17.5. The highest BCUT2D eigenvalue weighted by molar-refractivity contribution is 7.92. The van der Waals surface area contributed by atoms with Crippen LogP contribution in [0.3, 0.4) is 0 Å². The van der Waals surface area contributed by atoms with Gasteiger partial charge >= 0.3 is 5.97 Å². The Morgan fingerprint density at radius 3 is 2.08 bits per heavy atom. The van der Waals surface area contributed by atoms with E-state index in [1.54, 1.807) is 12.1 Å². The van der Waals surface area contributed by atoms with Crippen LogP contribution in [0.1, 0.15) is 53.9 Å². The van der Waals surface area contributed by atoms with Gasteiger partial charge in [0, 0.05) is 5.69 Å². The zero-order valence-electron chi connectivity index (χ0n) is 13.8. The lowest BCUT2D eigenvalue weighted by Crippen LogP contribution is -2.13. The van der Waals surface area contributed by atoms with Gasteiger partial charge in [0.2, 0.25) is 0 Å². The van der Waals surface area contributed by atoms with Crippen LogP contribution in [0.15, 0.2) is 53.4 Å². The van der Waals surface area contributed by atoms with Crippen LogP contribution in [-0.2, 0) is 10.0 Å². The smallest absolute Gasteiger partial charge is 0.335 e. The van der Waals surface area contributed by atoms with Crippen molar-refractivity contribution in [1.82, 2.24) is 0 Å². The van der Waals surface area contributed by atoms with Crippen molar-refractivity contribution >= 4 is 21.7 Å². The Hall–Kier alpha value is -2.34. The van der Waals surface area contributed by atoms with Crippen molar-refractivity contribution in [2.75, 3.05) is 4.72 Å². The van der Waals surface area contributed by atoms with Gasteiger partial charge in [0.1, 0.15) is 0 Å². The van der Waals surface area contributed by atoms with Gasteiger partial charge in [-0.05, 0) is 60.7 Å². The third kappa shape index (κ3) is 4.20. The van der Waals surface area contributed by atoms with E-state index in [-0.39, 0.29) is 10.5 Å². The molecule has 1 aliphatic rings. The van der Waals surface area contributed by atoms with Crippen molar-refractivity contribution in [3.8, 4) is 0 Å². The molecule has 0 bridgehead atoms. The van der Waals surface area contributed by atoms with Crippen molar-refractivity contribution in [3.05, 3.63) is 59.7 Å². The van der Waals surface area contributed by atoms with E-state index < -0.39 is 16.0 Å². The molecular formula is C19H21NO4S. The summed E-state index contributed by atoms with van der Waals surface area (Å²) in [6.45, 7) is 0. The minimum atomic E-state index is -3.69. The van der Waals surface area contributed by atoms with Crippen molar-refractivity contribution in [2.45, 2.75) is 42.9 Å². The van der Waals surface area contributed by atoms with Gasteiger partial charge in [-0.25, -0.2) is 13.2 Å². The standard InChI is InChI=1S/C19H21NO4S/c21-19(22)16-6-10-17(11-7-16)20-25(23,24)18-12-8-15(9-13-18)14-4-2-1-3-5-14/h6-14,20H,1-5H2,(H,21,22). The fourth-order valence-electron chi connectivity index (χ4n) is 3.25. The Kier molecular flexibility index (Phi) is 5.08. The average molecular weight is 359 g/mol. The Morgan fingerprint density at radius 1 is 0.920 bits per heavy atom. The minimum Gasteiger partial charge on any atom is -0.478 e. The highest BCUT2D eigenvalue weighted by Crippen LogP contribution is 2.33. The molecule has 5 nitrogen and oxygen atoms in total. The van der Waals surface area contributed by atoms with Gasteiger partial charge < -0.3 is 5.11 Å². The Balaban J connectivity index is 1.74. The number of hydrogen-bond acceptors (Lipinski definition) is 3. The first-order valence-electron chi connectivity index (χ1n) is 8.42. The predicted octanol–water partition coefficient (Wildman–Crippen LogP) is 4.23. The maximum absolute atomic E-state index is 12.5. The summed E-state index contributed by atoms with van der Waals surface area (Å²) < 4.78 is 27.4. The molecule has 0 aromatic heterocycles. The van der Waals surface area contributed by atoms with Crippen LogP contribution in [0, 0.1) is 0 Å². The zero-order chi connectivity index (χ0) is 17.9. The molecule has 3 rings (SSSR count). The summed E-state index contributed by atoms with van der Waals surface area (Å²) in [5.41, 5.74) is 1.64. The number of nitrogens with one attached hydrogen (secondary N) is 1. The van der Waals surface area contributed by atoms with Crippen molar-refractivity contribution in [1.29, 1.82) is 0 Å². The quantitative estimate of drug-likeness (QED) is 0.837. The number of carboxylic acids is 1. The largest absolute Gasteiger partial charge is 0.478 e. The molecule has 2 N–H and O–H groups in total. The van der Waals surface area contributed by atoms with Gasteiger partial charge in [0.05, 0.1) is 10.5 Å². The minimum absolute atomic E-state index is 0.111. The van der Waals surface area contributed by atoms with E-state index in [0.717, 1.165) is 0 Å². The summed E-state index contributed by atoms with van der Waals surface area (Å²) in [5.74, 6) is -0.519. The molecule has 132 valence electrons. The van der Waals surface area contributed by atoms with Crippen LogP contribution >= 0.6 is 0 Å². The molecule has 0 spiro atoms. The lowest BCUT2D eigenvalue weighted by Gasteiger charge is -2.22. The van der Waals surface area contributed by atoms with Crippen LogP contribution in [0.4, 0.5) is 5.69 Å². The third-order valence-electron chi connectivity index (χ3n) is 4.65. The Morgan fingerprint density at radius 2 is 1.52 bits per heavy atom. The normalized spacial score (nSPS) is 15.7. The second-order valence-electron chi connectivity index (χ2n) is 6.39. The molecule has 0 atom stereocenters. The number of sulfonamides is 1. The van der Waals surface area contributed by atoms with Crippen LogP contribution in [0.25, 0.3) is 0 Å². The molecule has 0 aliphatic heterocycles. The molecule has 1 fully saturated rings. The summed E-state index contributed by atoms with van der Waals surface area (Å²) in [5, 5.41) is 8.88. The van der Waals surface area contributed by atoms with E-state index in [1.807, 2.05) is 12.1 Å². The summed E-state index contributed by atoms with van der Waals surface area (Å²) in [4.78, 5) is 11.0. The fourth-order valence-corrected chi connectivity index (χ4v) is 4.31.